The maximum atomic E-state index is 10.4. The van der Waals surface area contributed by atoms with Gasteiger partial charge in [-0.15, -0.1) is 5.10 Å². The van der Waals surface area contributed by atoms with E-state index in [1.54, 1.807) is 0 Å². The number of aliphatic hydroxyl groups is 1. The highest BCUT2D eigenvalue weighted by Crippen LogP contribution is 2.24. The normalized spacial score (nSPS) is 12.4. The van der Waals surface area contributed by atoms with Crippen LogP contribution in [-0.2, 0) is 0 Å². The minimum absolute atomic E-state index is 0.218. The number of hydrogen-bond donors (Lipinski definition) is 2. The number of hydrogen-bond acceptors (Lipinski definition) is 5. The van der Waals surface area contributed by atoms with E-state index in [9.17, 15) is 5.11 Å². The number of nitrogens with zero attached hydrogens (tertiary/aromatic N) is 3. The van der Waals surface area contributed by atoms with Crippen LogP contribution in [0.4, 0.5) is 0 Å². The van der Waals surface area contributed by atoms with Gasteiger partial charge in [0, 0.05) is 5.75 Å². The molecular weight excluding hydrogens is 396 g/mol. The van der Waals surface area contributed by atoms with Gasteiger partial charge < -0.3 is 9.84 Å². The second-order valence-electron chi connectivity index (χ2n) is 6.93. The molecule has 2 N–H and O–H groups in total. The molecule has 5 rings (SSSR count). The largest absolute Gasteiger partial charge is 0.491 e. The minimum Gasteiger partial charge on any atom is -0.491 e. The first-order chi connectivity index (χ1) is 14.8. The summed E-state index contributed by atoms with van der Waals surface area (Å²) >= 11 is 1.47. The summed E-state index contributed by atoms with van der Waals surface area (Å²) in [5.74, 6) is 1.90. The molecule has 0 aliphatic carbocycles. The number of fused-ring (bicyclic) bond motifs is 3. The van der Waals surface area contributed by atoms with Crippen LogP contribution in [0.5, 0.6) is 5.75 Å². The van der Waals surface area contributed by atoms with E-state index in [4.69, 9.17) is 4.74 Å². The molecule has 6 nitrogen and oxygen atoms in total. The Morgan fingerprint density at radius 2 is 1.67 bits per heavy atom. The average molecular weight is 417 g/mol. The van der Waals surface area contributed by atoms with Gasteiger partial charge in [-0.1, -0.05) is 66.4 Å². The van der Waals surface area contributed by atoms with Gasteiger partial charge in [0.15, 0.2) is 5.16 Å². The third kappa shape index (κ3) is 3.77. The van der Waals surface area contributed by atoms with Crippen LogP contribution in [0.1, 0.15) is 0 Å². The molecular formula is C23H20N4O2S. The van der Waals surface area contributed by atoms with E-state index in [2.05, 4.69) is 27.3 Å². The standard InChI is InChI=1S/C23H20N4O2S/c28-18(14-29-19-12-10-17(11-13-19)16-6-2-1-3-7-16)15-30-23-26-25-22-24-20-8-4-5-9-21(20)27(22)23/h1-13,18,28H,14-15H2,(H,24,25). The second-order valence-corrected chi connectivity index (χ2v) is 7.92. The van der Waals surface area contributed by atoms with E-state index in [0.29, 0.717) is 11.5 Å². The third-order valence-corrected chi connectivity index (χ3v) is 5.90. The molecule has 2 heterocycles. The predicted molar refractivity (Wildman–Crippen MR) is 119 cm³/mol. The molecule has 7 heteroatoms. The van der Waals surface area contributed by atoms with Gasteiger partial charge in [-0.25, -0.2) is 10.1 Å². The van der Waals surface area contributed by atoms with Crippen molar-refractivity contribution in [1.82, 2.24) is 19.6 Å². The molecule has 0 aliphatic rings. The highest BCUT2D eigenvalue weighted by Gasteiger charge is 2.14. The van der Waals surface area contributed by atoms with Gasteiger partial charge in [0.25, 0.3) is 0 Å². The van der Waals surface area contributed by atoms with Crippen LogP contribution < -0.4 is 4.74 Å². The zero-order valence-electron chi connectivity index (χ0n) is 16.1. The Bertz CT molecular complexity index is 1270. The number of aliphatic hydroxyl groups excluding tert-OH is 1. The number of aromatic amines is 1. The molecule has 1 unspecified atom stereocenters. The first-order valence-corrected chi connectivity index (χ1v) is 10.7. The zero-order chi connectivity index (χ0) is 20.3. The van der Waals surface area contributed by atoms with E-state index in [0.717, 1.165) is 33.1 Å². The summed E-state index contributed by atoms with van der Waals surface area (Å²) in [5, 5.41) is 18.4. The first-order valence-electron chi connectivity index (χ1n) is 9.68. The summed E-state index contributed by atoms with van der Waals surface area (Å²) in [6, 6.07) is 26.0. The third-order valence-electron chi connectivity index (χ3n) is 4.81. The molecule has 0 amide bonds. The summed E-state index contributed by atoms with van der Waals surface area (Å²) in [4.78, 5) is 4.51. The number of thioether (sulfide) groups is 1. The fourth-order valence-electron chi connectivity index (χ4n) is 3.32. The Morgan fingerprint density at radius 3 is 2.50 bits per heavy atom. The quantitative estimate of drug-likeness (QED) is 0.385. The summed E-state index contributed by atoms with van der Waals surface area (Å²) < 4.78 is 7.73. The van der Waals surface area contributed by atoms with Gasteiger partial charge in [0.2, 0.25) is 5.78 Å². The van der Waals surface area contributed by atoms with Crippen LogP contribution in [0.2, 0.25) is 0 Å². The van der Waals surface area contributed by atoms with Crippen molar-refractivity contribution in [3.05, 3.63) is 78.9 Å². The van der Waals surface area contributed by atoms with Gasteiger partial charge in [-0.05, 0) is 35.4 Å². The lowest BCUT2D eigenvalue weighted by molar-refractivity contribution is 0.126. The molecule has 2 aromatic heterocycles. The van der Waals surface area contributed by atoms with Gasteiger partial charge in [0.1, 0.15) is 12.4 Å². The van der Waals surface area contributed by atoms with Gasteiger partial charge in [-0.3, -0.25) is 4.40 Å². The smallest absolute Gasteiger partial charge is 0.231 e. The Kier molecular flexibility index (Phi) is 5.13. The molecule has 0 bridgehead atoms. The zero-order valence-corrected chi connectivity index (χ0v) is 16.9. The fourth-order valence-corrected chi connectivity index (χ4v) is 4.19. The molecule has 0 aliphatic heterocycles. The lowest BCUT2D eigenvalue weighted by Crippen LogP contribution is -2.20. The van der Waals surface area contributed by atoms with Crippen molar-refractivity contribution in [3.63, 3.8) is 0 Å². The summed E-state index contributed by atoms with van der Waals surface area (Å²) in [5.41, 5.74) is 4.20. The minimum atomic E-state index is -0.620. The van der Waals surface area contributed by atoms with E-state index >= 15 is 0 Å². The number of nitrogens with one attached hydrogen (secondary N) is 1. The molecule has 0 radical (unpaired) electrons. The predicted octanol–water partition coefficient (Wildman–Crippen LogP) is 4.41. The maximum absolute atomic E-state index is 10.4. The van der Waals surface area contributed by atoms with Crippen LogP contribution in [0.15, 0.2) is 84.0 Å². The Balaban J connectivity index is 1.19. The van der Waals surface area contributed by atoms with Crippen LogP contribution in [0.25, 0.3) is 27.9 Å². The summed E-state index contributed by atoms with van der Waals surface area (Å²) in [6.45, 7) is 0.218. The first kappa shape index (κ1) is 18.7. The summed E-state index contributed by atoms with van der Waals surface area (Å²) in [6.07, 6.45) is -0.620. The maximum Gasteiger partial charge on any atom is 0.231 e. The molecule has 1 atom stereocenters. The van der Waals surface area contributed by atoms with Crippen molar-refractivity contribution in [2.75, 3.05) is 12.4 Å². The molecule has 30 heavy (non-hydrogen) atoms. The van der Waals surface area contributed by atoms with Crippen molar-refractivity contribution in [1.29, 1.82) is 0 Å². The van der Waals surface area contributed by atoms with E-state index in [-0.39, 0.29) is 6.61 Å². The van der Waals surface area contributed by atoms with Crippen molar-refractivity contribution in [2.24, 2.45) is 0 Å². The van der Waals surface area contributed by atoms with Crippen molar-refractivity contribution < 1.29 is 9.84 Å². The molecule has 150 valence electrons. The summed E-state index contributed by atoms with van der Waals surface area (Å²) in [7, 11) is 0. The fraction of sp³-hybridized carbons (Fsp3) is 0.130. The number of aromatic nitrogens is 4. The van der Waals surface area contributed by atoms with E-state index < -0.39 is 6.10 Å². The Morgan fingerprint density at radius 1 is 0.933 bits per heavy atom. The number of rotatable bonds is 7. The monoisotopic (exact) mass is 416 g/mol. The van der Waals surface area contributed by atoms with Crippen molar-refractivity contribution >= 4 is 28.6 Å². The van der Waals surface area contributed by atoms with Crippen molar-refractivity contribution in [3.8, 4) is 16.9 Å². The Hall–Kier alpha value is -3.29. The van der Waals surface area contributed by atoms with E-state index in [1.165, 1.54) is 11.8 Å². The molecule has 0 saturated heterocycles. The molecule has 3 aromatic carbocycles. The van der Waals surface area contributed by atoms with Crippen LogP contribution in [-0.4, -0.2) is 43.2 Å². The van der Waals surface area contributed by atoms with Gasteiger partial charge >= 0.3 is 0 Å². The Labute approximate surface area is 177 Å². The van der Waals surface area contributed by atoms with Gasteiger partial charge in [-0.2, -0.15) is 0 Å². The number of imidazole rings is 1. The molecule has 0 spiro atoms. The molecule has 0 saturated carbocycles. The van der Waals surface area contributed by atoms with E-state index in [1.807, 2.05) is 71.1 Å². The topological polar surface area (TPSA) is 75.4 Å². The number of benzene rings is 3. The number of para-hydroxylation sites is 2. The number of ether oxygens (including phenoxy) is 1. The van der Waals surface area contributed by atoms with Crippen molar-refractivity contribution in [2.45, 2.75) is 11.3 Å². The highest BCUT2D eigenvalue weighted by atomic mass is 32.2. The molecule has 5 aromatic rings. The highest BCUT2D eigenvalue weighted by molar-refractivity contribution is 7.99. The molecule has 0 fully saturated rings. The lowest BCUT2D eigenvalue weighted by Gasteiger charge is -2.12. The SMILES string of the molecule is OC(COc1ccc(-c2ccccc2)cc1)CSc1n[nH]c2nc3ccccc3n12. The number of H-pyrrole nitrogens is 1. The van der Waals surface area contributed by atoms with Crippen LogP contribution in [0, 0.1) is 0 Å². The van der Waals surface area contributed by atoms with Gasteiger partial charge in [0.05, 0.1) is 17.1 Å². The van der Waals surface area contributed by atoms with Crippen LogP contribution in [0.3, 0.4) is 0 Å². The van der Waals surface area contributed by atoms with Crippen LogP contribution >= 0.6 is 11.8 Å². The second kappa shape index (κ2) is 8.22. The average Bonchev–Trinajstić information content (AvgIpc) is 3.36. The lowest BCUT2D eigenvalue weighted by atomic mass is 10.1.